The fourth-order valence-corrected chi connectivity index (χ4v) is 1.82. The van der Waals surface area contributed by atoms with Crippen LogP contribution in [0.3, 0.4) is 0 Å². The fourth-order valence-electron chi connectivity index (χ4n) is 1.82. The third-order valence-corrected chi connectivity index (χ3v) is 2.89. The molecule has 3 heteroatoms. The number of hydrogen-bond donors (Lipinski definition) is 0. The number of carbonyl (C=O) groups is 2. The molecular weight excluding hydrogens is 264 g/mol. The van der Waals surface area contributed by atoms with Gasteiger partial charge in [0, 0.05) is 6.08 Å². The second-order valence-electron chi connectivity index (χ2n) is 4.52. The highest BCUT2D eigenvalue weighted by Gasteiger charge is 2.07. The van der Waals surface area contributed by atoms with Crippen molar-refractivity contribution in [2.75, 3.05) is 0 Å². The zero-order valence-corrected chi connectivity index (χ0v) is 11.6. The first kappa shape index (κ1) is 14.7. The van der Waals surface area contributed by atoms with Crippen LogP contribution in [0.15, 0.2) is 66.7 Å². The largest absolute Gasteiger partial charge is 0.390 e. The topological polar surface area (TPSA) is 43.4 Å². The smallest absolute Gasteiger partial charge is 0.338 e. The zero-order valence-electron chi connectivity index (χ0n) is 11.6. The van der Waals surface area contributed by atoms with E-state index in [1.807, 2.05) is 60.7 Å². The Morgan fingerprint density at radius 3 is 2.19 bits per heavy atom. The fraction of sp³-hybridized carbons (Fsp3) is 0.111. The third kappa shape index (κ3) is 5.45. The molecule has 0 N–H and O–H groups in total. The van der Waals surface area contributed by atoms with Crippen molar-refractivity contribution in [3.63, 3.8) is 0 Å². The Morgan fingerprint density at radius 2 is 1.52 bits per heavy atom. The van der Waals surface area contributed by atoms with Crippen molar-refractivity contribution in [3.05, 3.63) is 77.9 Å². The van der Waals surface area contributed by atoms with Gasteiger partial charge in [0.2, 0.25) is 0 Å². The first-order chi connectivity index (χ1) is 10.2. The van der Waals surface area contributed by atoms with Gasteiger partial charge in [0.25, 0.3) is 0 Å². The maximum absolute atomic E-state index is 11.6. The molecule has 0 bridgehead atoms. The molecule has 2 aromatic carbocycles. The second kappa shape index (κ2) is 7.80. The van der Waals surface area contributed by atoms with Gasteiger partial charge in [-0.1, -0.05) is 60.7 Å². The van der Waals surface area contributed by atoms with E-state index >= 15 is 0 Å². The molecule has 0 saturated heterocycles. The number of aryl methyl sites for hydroxylation is 1. The van der Waals surface area contributed by atoms with Crippen molar-refractivity contribution >= 4 is 18.0 Å². The predicted molar refractivity (Wildman–Crippen MR) is 81.3 cm³/mol. The summed E-state index contributed by atoms with van der Waals surface area (Å²) in [4.78, 5) is 23.1. The lowest BCUT2D eigenvalue weighted by Crippen LogP contribution is -2.10. The minimum absolute atomic E-state index is 0.189. The molecular formula is C18H16O3. The standard InChI is InChI=1S/C18H16O3/c19-17(13-11-15-7-3-1-4-8-15)21-18(20)14-12-16-9-5-2-6-10-16/h1-11,13H,12,14H2. The Kier molecular flexibility index (Phi) is 5.47. The molecule has 2 rings (SSSR count). The van der Waals surface area contributed by atoms with Crippen LogP contribution in [0.1, 0.15) is 17.5 Å². The summed E-state index contributed by atoms with van der Waals surface area (Å²) in [5.41, 5.74) is 1.92. The van der Waals surface area contributed by atoms with E-state index < -0.39 is 11.9 Å². The highest BCUT2D eigenvalue weighted by Crippen LogP contribution is 2.04. The van der Waals surface area contributed by atoms with Crippen molar-refractivity contribution < 1.29 is 14.3 Å². The molecule has 0 aliphatic heterocycles. The van der Waals surface area contributed by atoms with Crippen LogP contribution >= 0.6 is 0 Å². The van der Waals surface area contributed by atoms with Gasteiger partial charge in [-0.25, -0.2) is 4.79 Å². The van der Waals surface area contributed by atoms with Crippen LogP contribution in [-0.2, 0) is 20.7 Å². The maximum Gasteiger partial charge on any atom is 0.338 e. The highest BCUT2D eigenvalue weighted by molar-refractivity contribution is 5.94. The molecule has 0 radical (unpaired) electrons. The van der Waals surface area contributed by atoms with E-state index in [-0.39, 0.29) is 6.42 Å². The van der Waals surface area contributed by atoms with Gasteiger partial charge < -0.3 is 4.74 Å². The number of esters is 2. The molecule has 2 aromatic rings. The Bertz CT molecular complexity index is 615. The average molecular weight is 280 g/mol. The first-order valence-corrected chi connectivity index (χ1v) is 6.76. The molecule has 3 nitrogen and oxygen atoms in total. The molecule has 0 heterocycles. The van der Waals surface area contributed by atoms with E-state index in [9.17, 15) is 9.59 Å². The highest BCUT2D eigenvalue weighted by atomic mass is 16.6. The van der Waals surface area contributed by atoms with E-state index in [0.29, 0.717) is 6.42 Å². The SMILES string of the molecule is O=C(C=Cc1ccccc1)OC(=O)CCc1ccccc1. The number of rotatable bonds is 5. The van der Waals surface area contributed by atoms with Crippen LogP contribution in [-0.4, -0.2) is 11.9 Å². The average Bonchev–Trinajstić information content (AvgIpc) is 2.53. The Morgan fingerprint density at radius 1 is 0.905 bits per heavy atom. The van der Waals surface area contributed by atoms with Crippen molar-refractivity contribution in [2.45, 2.75) is 12.8 Å². The normalized spacial score (nSPS) is 10.5. The minimum atomic E-state index is -0.642. The maximum atomic E-state index is 11.6. The lowest BCUT2D eigenvalue weighted by Gasteiger charge is -2.01. The summed E-state index contributed by atoms with van der Waals surface area (Å²) in [6.45, 7) is 0. The molecule has 0 aliphatic rings. The molecule has 0 amide bonds. The van der Waals surface area contributed by atoms with Crippen molar-refractivity contribution in [2.24, 2.45) is 0 Å². The van der Waals surface area contributed by atoms with E-state index in [1.54, 1.807) is 6.08 Å². The van der Waals surface area contributed by atoms with E-state index in [4.69, 9.17) is 4.74 Å². The van der Waals surface area contributed by atoms with Gasteiger partial charge in [-0.15, -0.1) is 0 Å². The third-order valence-electron chi connectivity index (χ3n) is 2.89. The van der Waals surface area contributed by atoms with Gasteiger partial charge >= 0.3 is 11.9 Å². The van der Waals surface area contributed by atoms with Crippen LogP contribution in [0.4, 0.5) is 0 Å². The molecule has 0 atom stereocenters. The number of benzene rings is 2. The molecule has 106 valence electrons. The van der Waals surface area contributed by atoms with Crippen LogP contribution in [0, 0.1) is 0 Å². The molecule has 21 heavy (non-hydrogen) atoms. The number of hydrogen-bond acceptors (Lipinski definition) is 3. The predicted octanol–water partition coefficient (Wildman–Crippen LogP) is 3.40. The summed E-state index contributed by atoms with van der Waals surface area (Å²) < 4.78 is 4.73. The lowest BCUT2D eigenvalue weighted by molar-refractivity contribution is -0.156. The zero-order chi connectivity index (χ0) is 14.9. The molecule has 0 aliphatic carbocycles. The first-order valence-electron chi connectivity index (χ1n) is 6.76. The quantitative estimate of drug-likeness (QED) is 0.479. The monoisotopic (exact) mass is 280 g/mol. The lowest BCUT2D eigenvalue weighted by atomic mass is 10.1. The summed E-state index contributed by atoms with van der Waals surface area (Å²) in [7, 11) is 0. The van der Waals surface area contributed by atoms with Crippen LogP contribution in [0.2, 0.25) is 0 Å². The second-order valence-corrected chi connectivity index (χ2v) is 4.52. The molecule has 0 fully saturated rings. The molecule has 0 unspecified atom stereocenters. The van der Waals surface area contributed by atoms with Crippen molar-refractivity contribution in [1.82, 2.24) is 0 Å². The summed E-state index contributed by atoms with van der Waals surface area (Å²) in [6.07, 6.45) is 3.63. The van der Waals surface area contributed by atoms with Gasteiger partial charge in [0.05, 0.1) is 6.42 Å². The number of ether oxygens (including phenoxy) is 1. The van der Waals surface area contributed by atoms with Gasteiger partial charge in [0.1, 0.15) is 0 Å². The summed E-state index contributed by atoms with van der Waals surface area (Å²) in [6, 6.07) is 19.0. The van der Waals surface area contributed by atoms with Crippen LogP contribution in [0.25, 0.3) is 6.08 Å². The van der Waals surface area contributed by atoms with Gasteiger partial charge in [-0.05, 0) is 23.6 Å². The molecule has 0 aromatic heterocycles. The van der Waals surface area contributed by atoms with Gasteiger partial charge in [-0.2, -0.15) is 0 Å². The van der Waals surface area contributed by atoms with Crippen molar-refractivity contribution in [1.29, 1.82) is 0 Å². The van der Waals surface area contributed by atoms with Gasteiger partial charge in [-0.3, -0.25) is 4.79 Å². The van der Waals surface area contributed by atoms with Gasteiger partial charge in [0.15, 0.2) is 0 Å². The molecule has 0 spiro atoms. The Hall–Kier alpha value is -2.68. The van der Waals surface area contributed by atoms with E-state index in [0.717, 1.165) is 11.1 Å². The number of carbonyl (C=O) groups excluding carboxylic acids is 2. The summed E-state index contributed by atoms with van der Waals surface area (Å²) >= 11 is 0. The summed E-state index contributed by atoms with van der Waals surface area (Å²) in [5.74, 6) is -1.15. The van der Waals surface area contributed by atoms with Crippen LogP contribution in [0.5, 0.6) is 0 Å². The van der Waals surface area contributed by atoms with E-state index in [2.05, 4.69) is 0 Å². The van der Waals surface area contributed by atoms with Crippen molar-refractivity contribution in [3.8, 4) is 0 Å². The van der Waals surface area contributed by atoms with E-state index in [1.165, 1.54) is 6.08 Å². The minimum Gasteiger partial charge on any atom is -0.390 e. The summed E-state index contributed by atoms with van der Waals surface area (Å²) in [5, 5.41) is 0. The Balaban J connectivity index is 1.77. The van der Waals surface area contributed by atoms with Crippen LogP contribution < -0.4 is 0 Å². The molecule has 0 saturated carbocycles. The Labute approximate surface area is 123 Å².